The van der Waals surface area contributed by atoms with Crippen molar-refractivity contribution < 1.29 is 8.42 Å². The molecule has 2 fully saturated rings. The molecule has 0 saturated heterocycles. The Kier molecular flexibility index (Phi) is 4.08. The van der Waals surface area contributed by atoms with Crippen LogP contribution in [-0.4, -0.2) is 20.7 Å². The molecular weight excluding hydrogens is 356 g/mol. The lowest BCUT2D eigenvalue weighted by Crippen LogP contribution is -2.60. The summed E-state index contributed by atoms with van der Waals surface area (Å²) in [6, 6.07) is 6.46. The van der Waals surface area contributed by atoms with Crippen LogP contribution < -0.4 is 10.5 Å². The normalized spacial score (nSPS) is 40.0. The molecule has 1 aromatic carbocycles. The number of anilines is 1. The van der Waals surface area contributed by atoms with Crippen molar-refractivity contribution >= 4 is 15.7 Å². The van der Waals surface area contributed by atoms with E-state index in [4.69, 9.17) is 5.73 Å². The fraction of sp³-hybridized carbons (Fsp3) is 0.727. The Labute approximate surface area is 164 Å². The van der Waals surface area contributed by atoms with E-state index in [-0.39, 0.29) is 22.3 Å². The van der Waals surface area contributed by atoms with Crippen LogP contribution in [0.5, 0.6) is 0 Å². The van der Waals surface area contributed by atoms with Crippen molar-refractivity contribution in [2.24, 2.45) is 28.4 Å². The van der Waals surface area contributed by atoms with Crippen molar-refractivity contribution in [3.8, 4) is 0 Å². The molecule has 4 nitrogen and oxygen atoms in total. The molecule has 5 heteroatoms. The third-order valence-electron chi connectivity index (χ3n) is 8.61. The molecule has 0 bridgehead atoms. The van der Waals surface area contributed by atoms with Crippen LogP contribution in [0.4, 0.5) is 5.69 Å². The smallest absolute Gasteiger partial charge is 0.229 e. The highest BCUT2D eigenvalue weighted by atomic mass is 32.2. The van der Waals surface area contributed by atoms with Crippen molar-refractivity contribution in [3.05, 3.63) is 29.3 Å². The third-order valence-corrected chi connectivity index (χ3v) is 9.22. The average molecular weight is 391 g/mol. The van der Waals surface area contributed by atoms with Gasteiger partial charge in [-0.25, -0.2) is 8.42 Å². The Hall–Kier alpha value is -1.07. The Balaban J connectivity index is 1.73. The molecule has 3 aliphatic carbocycles. The summed E-state index contributed by atoms with van der Waals surface area (Å²) in [5, 5.41) is 0. The van der Waals surface area contributed by atoms with Crippen molar-refractivity contribution in [3.63, 3.8) is 0 Å². The molecular formula is C22H34N2O2S. The van der Waals surface area contributed by atoms with Gasteiger partial charge in [-0.2, -0.15) is 0 Å². The molecule has 0 radical (unpaired) electrons. The molecule has 5 atom stereocenters. The molecule has 0 spiro atoms. The van der Waals surface area contributed by atoms with E-state index in [9.17, 15) is 8.42 Å². The quantitative estimate of drug-likeness (QED) is 0.800. The van der Waals surface area contributed by atoms with Crippen LogP contribution in [0.1, 0.15) is 64.5 Å². The van der Waals surface area contributed by atoms with Crippen LogP contribution in [0.3, 0.4) is 0 Å². The largest absolute Gasteiger partial charge is 0.327 e. The molecule has 5 unspecified atom stereocenters. The zero-order valence-corrected chi connectivity index (χ0v) is 18.1. The first-order chi connectivity index (χ1) is 12.4. The zero-order chi connectivity index (χ0) is 19.8. The Morgan fingerprint density at radius 3 is 2.44 bits per heavy atom. The summed E-state index contributed by atoms with van der Waals surface area (Å²) in [7, 11) is -3.25. The number of nitrogens with one attached hydrogen (secondary N) is 1. The van der Waals surface area contributed by atoms with E-state index >= 15 is 0 Å². The summed E-state index contributed by atoms with van der Waals surface area (Å²) in [6.07, 6.45) is 6.98. The molecule has 0 heterocycles. The van der Waals surface area contributed by atoms with E-state index in [2.05, 4.69) is 44.5 Å². The SMILES string of the molecule is CC12CCC3C(C)(C)C(N)CCC3(C)C1Cc1cc(NS(C)(=O)=O)ccc12. The van der Waals surface area contributed by atoms with Crippen LogP contribution in [0.2, 0.25) is 0 Å². The number of benzene rings is 1. The average Bonchev–Trinajstić information content (AvgIpc) is 2.83. The van der Waals surface area contributed by atoms with Gasteiger partial charge in [-0.1, -0.05) is 33.8 Å². The van der Waals surface area contributed by atoms with E-state index in [0.717, 1.165) is 12.8 Å². The molecule has 1 aromatic rings. The predicted molar refractivity (Wildman–Crippen MR) is 111 cm³/mol. The molecule has 0 amide bonds. The van der Waals surface area contributed by atoms with Gasteiger partial charge in [0.15, 0.2) is 0 Å². The minimum absolute atomic E-state index is 0.173. The number of sulfonamides is 1. The first-order valence-corrected chi connectivity index (χ1v) is 12.1. The lowest BCUT2D eigenvalue weighted by atomic mass is 9.43. The zero-order valence-electron chi connectivity index (χ0n) is 17.3. The Morgan fingerprint density at radius 1 is 1.07 bits per heavy atom. The molecule has 27 heavy (non-hydrogen) atoms. The standard InChI is InChI=1S/C22H34N2O2S/c1-20(2)17-8-10-21(3)16-7-6-15(24-27(5,25)26)12-14(16)13-18(21)22(17,4)11-9-19(20)23/h6-7,12,17-19,24H,8-11,13,23H2,1-5H3. The summed E-state index contributed by atoms with van der Waals surface area (Å²) in [4.78, 5) is 0. The van der Waals surface area contributed by atoms with Gasteiger partial charge in [0, 0.05) is 11.7 Å². The van der Waals surface area contributed by atoms with Gasteiger partial charge in [-0.15, -0.1) is 0 Å². The second-order valence-corrected chi connectivity index (χ2v) is 12.2. The van der Waals surface area contributed by atoms with E-state index < -0.39 is 10.0 Å². The van der Waals surface area contributed by atoms with Gasteiger partial charge in [0.05, 0.1) is 6.26 Å². The van der Waals surface area contributed by atoms with Crippen molar-refractivity contribution in [2.75, 3.05) is 11.0 Å². The third kappa shape index (κ3) is 2.76. The fourth-order valence-corrected chi connectivity index (χ4v) is 7.74. The van der Waals surface area contributed by atoms with Crippen molar-refractivity contribution in [2.45, 2.75) is 71.3 Å². The Bertz CT molecular complexity index is 878. The van der Waals surface area contributed by atoms with Crippen LogP contribution in [0.25, 0.3) is 0 Å². The van der Waals surface area contributed by atoms with E-state index in [0.29, 0.717) is 17.5 Å². The molecule has 2 saturated carbocycles. The minimum atomic E-state index is -3.25. The maximum absolute atomic E-state index is 11.6. The number of rotatable bonds is 2. The van der Waals surface area contributed by atoms with Gasteiger partial charge < -0.3 is 5.73 Å². The second kappa shape index (κ2) is 5.73. The number of hydrogen-bond acceptors (Lipinski definition) is 3. The number of nitrogens with two attached hydrogens (primary N) is 1. The molecule has 0 aliphatic heterocycles. The van der Waals surface area contributed by atoms with Gasteiger partial charge in [0.2, 0.25) is 10.0 Å². The fourth-order valence-electron chi connectivity index (χ4n) is 7.18. The van der Waals surface area contributed by atoms with Crippen LogP contribution in [0, 0.1) is 22.7 Å². The first-order valence-electron chi connectivity index (χ1n) is 10.2. The maximum Gasteiger partial charge on any atom is 0.229 e. The highest BCUT2D eigenvalue weighted by molar-refractivity contribution is 7.92. The van der Waals surface area contributed by atoms with Gasteiger partial charge in [-0.3, -0.25) is 4.72 Å². The van der Waals surface area contributed by atoms with Gasteiger partial charge in [0.1, 0.15) is 0 Å². The lowest BCUT2D eigenvalue weighted by molar-refractivity contribution is -0.107. The summed E-state index contributed by atoms with van der Waals surface area (Å²) in [5.41, 5.74) is 10.6. The summed E-state index contributed by atoms with van der Waals surface area (Å²) in [5.74, 6) is 1.24. The number of fused-ring (bicyclic) bond motifs is 5. The minimum Gasteiger partial charge on any atom is -0.327 e. The van der Waals surface area contributed by atoms with Crippen LogP contribution in [0.15, 0.2) is 18.2 Å². The van der Waals surface area contributed by atoms with E-state index in [1.165, 1.54) is 36.6 Å². The van der Waals surface area contributed by atoms with E-state index in [1.54, 1.807) is 0 Å². The highest BCUT2D eigenvalue weighted by Crippen LogP contribution is 2.67. The molecule has 4 rings (SSSR count). The summed E-state index contributed by atoms with van der Waals surface area (Å²) in [6.45, 7) is 9.70. The van der Waals surface area contributed by atoms with Crippen molar-refractivity contribution in [1.82, 2.24) is 0 Å². The van der Waals surface area contributed by atoms with Gasteiger partial charge >= 0.3 is 0 Å². The topological polar surface area (TPSA) is 72.2 Å². The molecule has 150 valence electrons. The number of hydrogen-bond donors (Lipinski definition) is 2. The van der Waals surface area contributed by atoms with Crippen molar-refractivity contribution in [1.29, 1.82) is 0 Å². The Morgan fingerprint density at radius 2 is 1.78 bits per heavy atom. The van der Waals surface area contributed by atoms with E-state index in [1.807, 2.05) is 6.07 Å². The van der Waals surface area contributed by atoms with Crippen LogP contribution >= 0.6 is 0 Å². The highest BCUT2D eigenvalue weighted by Gasteiger charge is 2.62. The first kappa shape index (κ1) is 19.3. The maximum atomic E-state index is 11.6. The lowest BCUT2D eigenvalue weighted by Gasteiger charge is -2.62. The van der Waals surface area contributed by atoms with Gasteiger partial charge in [0.25, 0.3) is 0 Å². The summed E-state index contributed by atoms with van der Waals surface area (Å²) >= 11 is 0. The van der Waals surface area contributed by atoms with Crippen LogP contribution in [-0.2, 0) is 21.9 Å². The predicted octanol–water partition coefficient (Wildman–Crippen LogP) is 4.05. The molecule has 3 N–H and O–H groups in total. The monoisotopic (exact) mass is 390 g/mol. The second-order valence-electron chi connectivity index (χ2n) is 10.5. The summed E-state index contributed by atoms with van der Waals surface area (Å²) < 4.78 is 25.9. The molecule has 0 aromatic heterocycles. The molecule has 3 aliphatic rings. The van der Waals surface area contributed by atoms with Gasteiger partial charge in [-0.05, 0) is 83.4 Å².